The van der Waals surface area contributed by atoms with E-state index in [4.69, 9.17) is 4.74 Å². The molecule has 0 unspecified atom stereocenters. The van der Waals surface area contributed by atoms with Gasteiger partial charge < -0.3 is 9.84 Å². The maximum atomic E-state index is 12.0. The molecule has 0 radical (unpaired) electrons. The second-order valence-corrected chi connectivity index (χ2v) is 6.48. The van der Waals surface area contributed by atoms with Crippen LogP contribution in [0.2, 0.25) is 0 Å². The number of allylic oxidation sites excluding steroid dienone is 1. The summed E-state index contributed by atoms with van der Waals surface area (Å²) in [6.07, 6.45) is 1.37. The van der Waals surface area contributed by atoms with E-state index in [-0.39, 0.29) is 17.2 Å². The summed E-state index contributed by atoms with van der Waals surface area (Å²) in [6.45, 7) is 4.27. The Morgan fingerprint density at radius 3 is 2.70 bits per heavy atom. The number of benzene rings is 1. The van der Waals surface area contributed by atoms with Gasteiger partial charge in [0.25, 0.3) is 0 Å². The van der Waals surface area contributed by atoms with Gasteiger partial charge in [-0.25, -0.2) is 4.99 Å². The van der Waals surface area contributed by atoms with E-state index in [2.05, 4.69) is 20.9 Å². The number of aliphatic hydroxyl groups is 1. The average Bonchev–Trinajstić information content (AvgIpc) is 2.77. The summed E-state index contributed by atoms with van der Waals surface area (Å²) in [5.41, 5.74) is -0.947. The highest BCUT2D eigenvalue weighted by atomic mass is 79.9. The lowest BCUT2D eigenvalue weighted by atomic mass is 9.83. The largest absolute Gasteiger partial charge is 0.476 e. The van der Waals surface area contributed by atoms with Crippen LogP contribution in [0.4, 0.5) is 0 Å². The highest BCUT2D eigenvalue weighted by molar-refractivity contribution is 9.11. The summed E-state index contributed by atoms with van der Waals surface area (Å²) >= 11 is 3.30. The van der Waals surface area contributed by atoms with Crippen LogP contribution in [0.3, 0.4) is 0 Å². The Morgan fingerprint density at radius 2 is 2.05 bits per heavy atom. The number of ketones is 1. The minimum atomic E-state index is -1.53. The molecule has 0 aromatic heterocycles. The fourth-order valence-electron chi connectivity index (χ4n) is 2.43. The van der Waals surface area contributed by atoms with Gasteiger partial charge in [0.2, 0.25) is 5.90 Å². The van der Waals surface area contributed by atoms with Crippen molar-refractivity contribution in [3.05, 3.63) is 46.0 Å². The zero-order chi connectivity index (χ0) is 14.5. The minimum Gasteiger partial charge on any atom is -0.476 e. The van der Waals surface area contributed by atoms with E-state index in [1.165, 1.54) is 6.08 Å². The summed E-state index contributed by atoms with van der Waals surface area (Å²) in [4.78, 5) is 16.5. The molecule has 0 bridgehead atoms. The minimum absolute atomic E-state index is 0.144. The van der Waals surface area contributed by atoms with Crippen molar-refractivity contribution in [3.8, 4) is 0 Å². The number of carbonyl (C=O) groups excluding carboxylic acids is 1. The van der Waals surface area contributed by atoms with Gasteiger partial charge in [-0.3, -0.25) is 4.79 Å². The van der Waals surface area contributed by atoms with Crippen molar-refractivity contribution in [3.63, 3.8) is 0 Å². The third-order valence-corrected chi connectivity index (χ3v) is 4.26. The predicted octanol–water partition coefficient (Wildman–Crippen LogP) is 2.56. The zero-order valence-electron chi connectivity index (χ0n) is 11.2. The number of rotatable bonds is 1. The van der Waals surface area contributed by atoms with Gasteiger partial charge in [0.05, 0.1) is 5.54 Å². The average molecular weight is 336 g/mol. The Hall–Kier alpha value is -1.46. The molecule has 1 heterocycles. The Bertz CT molecular complexity index is 663. The van der Waals surface area contributed by atoms with Gasteiger partial charge in [-0.05, 0) is 13.8 Å². The van der Waals surface area contributed by atoms with Crippen LogP contribution in [0, 0.1) is 0 Å². The first kappa shape index (κ1) is 13.5. The van der Waals surface area contributed by atoms with Crippen LogP contribution in [0.5, 0.6) is 0 Å². The van der Waals surface area contributed by atoms with Gasteiger partial charge in [-0.1, -0.05) is 40.2 Å². The van der Waals surface area contributed by atoms with Gasteiger partial charge >= 0.3 is 0 Å². The normalized spacial score (nSPS) is 27.5. The third-order valence-electron chi connectivity index (χ3n) is 3.46. The number of nitrogens with zero attached hydrogens (tertiary/aromatic N) is 1. The number of hydrogen-bond donors (Lipinski definition) is 1. The summed E-state index contributed by atoms with van der Waals surface area (Å²) in [7, 11) is 0. The quantitative estimate of drug-likeness (QED) is 0.857. The van der Waals surface area contributed by atoms with Gasteiger partial charge in [0, 0.05) is 21.7 Å². The molecule has 4 nitrogen and oxygen atoms in total. The molecule has 0 fully saturated rings. The van der Waals surface area contributed by atoms with E-state index >= 15 is 0 Å². The van der Waals surface area contributed by atoms with Crippen molar-refractivity contribution >= 4 is 27.6 Å². The summed E-state index contributed by atoms with van der Waals surface area (Å²) in [6, 6.07) is 6.97. The monoisotopic (exact) mass is 335 g/mol. The second-order valence-electron chi connectivity index (χ2n) is 5.63. The Labute approximate surface area is 125 Å². The van der Waals surface area contributed by atoms with Gasteiger partial charge in [-0.2, -0.15) is 0 Å². The number of fused-ring (bicyclic) bond motifs is 1. The number of ether oxygens (including phenoxy) is 1. The van der Waals surface area contributed by atoms with Crippen molar-refractivity contribution in [2.75, 3.05) is 6.61 Å². The molecule has 2 aliphatic rings. The molecule has 0 saturated carbocycles. The predicted molar refractivity (Wildman–Crippen MR) is 79.1 cm³/mol. The van der Waals surface area contributed by atoms with E-state index in [1.54, 1.807) is 24.3 Å². The fraction of sp³-hybridized carbons (Fsp3) is 0.333. The molecule has 1 aliphatic carbocycles. The van der Waals surface area contributed by atoms with Gasteiger partial charge in [0.1, 0.15) is 6.61 Å². The molecule has 1 N–H and O–H groups in total. The second kappa shape index (κ2) is 4.27. The first-order valence-electron chi connectivity index (χ1n) is 6.31. The highest BCUT2D eigenvalue weighted by Crippen LogP contribution is 2.42. The fourth-order valence-corrected chi connectivity index (χ4v) is 3.02. The van der Waals surface area contributed by atoms with Crippen molar-refractivity contribution in [2.24, 2.45) is 4.99 Å². The smallest absolute Gasteiger partial charge is 0.227 e. The molecule has 3 rings (SSSR count). The summed E-state index contributed by atoms with van der Waals surface area (Å²) in [5.74, 6) is 0.0839. The lowest BCUT2D eigenvalue weighted by Gasteiger charge is -2.31. The first-order chi connectivity index (χ1) is 9.34. The molecular formula is C15H14BrNO3. The molecule has 1 atom stereocenters. The topological polar surface area (TPSA) is 58.9 Å². The van der Waals surface area contributed by atoms with Crippen LogP contribution >= 0.6 is 15.9 Å². The SMILES string of the molecule is CC1(C)COC([C@]2(O)C(Br)=CC(=O)c3ccccc32)=N1. The zero-order valence-corrected chi connectivity index (χ0v) is 12.8. The maximum Gasteiger partial charge on any atom is 0.227 e. The molecule has 0 amide bonds. The number of halogens is 1. The maximum absolute atomic E-state index is 12.0. The number of aliphatic imine (C=N–C) groups is 1. The molecule has 1 aromatic carbocycles. The van der Waals surface area contributed by atoms with Crippen LogP contribution in [-0.4, -0.2) is 28.9 Å². The molecule has 0 spiro atoms. The molecule has 20 heavy (non-hydrogen) atoms. The van der Waals surface area contributed by atoms with E-state index in [1.807, 2.05) is 13.8 Å². The van der Waals surface area contributed by atoms with Crippen molar-refractivity contribution in [1.29, 1.82) is 0 Å². The Kier molecular flexibility index (Phi) is 2.88. The van der Waals surface area contributed by atoms with E-state index in [9.17, 15) is 9.90 Å². The number of hydrogen-bond acceptors (Lipinski definition) is 4. The first-order valence-corrected chi connectivity index (χ1v) is 7.11. The Morgan fingerprint density at radius 1 is 1.35 bits per heavy atom. The Balaban J connectivity index is 2.22. The number of carbonyl (C=O) groups is 1. The van der Waals surface area contributed by atoms with Crippen LogP contribution in [0.15, 0.2) is 39.8 Å². The van der Waals surface area contributed by atoms with Crippen molar-refractivity contribution in [1.82, 2.24) is 0 Å². The van der Waals surface area contributed by atoms with Crippen molar-refractivity contribution < 1.29 is 14.6 Å². The van der Waals surface area contributed by atoms with Gasteiger partial charge in [-0.15, -0.1) is 0 Å². The summed E-state index contributed by atoms with van der Waals surface area (Å²) < 4.78 is 5.94. The van der Waals surface area contributed by atoms with Crippen LogP contribution < -0.4 is 0 Å². The molecule has 104 valence electrons. The molecule has 0 saturated heterocycles. The lowest BCUT2D eigenvalue weighted by molar-refractivity contribution is 0.0981. The van der Waals surface area contributed by atoms with Crippen LogP contribution in [0.1, 0.15) is 29.8 Å². The third kappa shape index (κ3) is 1.84. The van der Waals surface area contributed by atoms with Crippen LogP contribution in [0.25, 0.3) is 0 Å². The molecule has 5 heteroatoms. The standard InChI is InChI=1S/C15H14BrNO3/c1-14(2)8-20-13(17-14)15(19)10-6-4-3-5-9(10)11(18)7-12(15)16/h3-7,19H,8H2,1-2H3/t15-/m1/s1. The van der Waals surface area contributed by atoms with Gasteiger partial charge in [0.15, 0.2) is 11.4 Å². The molecular weight excluding hydrogens is 322 g/mol. The van der Waals surface area contributed by atoms with Crippen molar-refractivity contribution in [2.45, 2.75) is 25.0 Å². The van der Waals surface area contributed by atoms with E-state index in [0.717, 1.165) is 0 Å². The van der Waals surface area contributed by atoms with E-state index < -0.39 is 5.60 Å². The highest BCUT2D eigenvalue weighted by Gasteiger charge is 2.48. The molecule has 1 aliphatic heterocycles. The van der Waals surface area contributed by atoms with E-state index in [0.29, 0.717) is 22.2 Å². The lowest BCUT2D eigenvalue weighted by Crippen LogP contribution is -2.40. The van der Waals surface area contributed by atoms with Crippen LogP contribution in [-0.2, 0) is 10.3 Å². The summed E-state index contributed by atoms with van der Waals surface area (Å²) in [5, 5.41) is 11.1. The molecule has 1 aromatic rings.